The Morgan fingerprint density at radius 3 is 2.15 bits per heavy atom. The van der Waals surface area contributed by atoms with Crippen LogP contribution in [0.5, 0.6) is 0 Å². The normalized spacial score (nSPS) is 45.5. The van der Waals surface area contributed by atoms with Crippen LogP contribution in [-0.2, 0) is 4.74 Å². The monoisotopic (exact) mass is 307 g/mol. The maximum Gasteiger partial charge on any atom is 0.173 e. The van der Waals surface area contributed by atoms with Gasteiger partial charge in [-0.1, -0.05) is 0 Å². The van der Waals surface area contributed by atoms with Gasteiger partial charge in [0.15, 0.2) is 6.29 Å². The highest BCUT2D eigenvalue weighted by Crippen LogP contribution is 2.17. The van der Waals surface area contributed by atoms with E-state index in [1.165, 1.54) is 0 Å². The van der Waals surface area contributed by atoms with Crippen molar-refractivity contribution in [2.45, 2.75) is 30.6 Å². The number of aliphatic hydroxyl groups is 4. The molecule has 0 aromatic heterocycles. The summed E-state index contributed by atoms with van der Waals surface area (Å²) < 4.78 is 4.70. The molecular formula is C6H14INO5. The lowest BCUT2D eigenvalue weighted by Crippen LogP contribution is -2.61. The van der Waals surface area contributed by atoms with Crippen molar-refractivity contribution in [3.63, 3.8) is 0 Å². The van der Waals surface area contributed by atoms with E-state index in [0.29, 0.717) is 0 Å². The molecule has 1 unspecified atom stereocenters. The molecule has 7 heteroatoms. The molecule has 1 aliphatic rings. The molecule has 0 aliphatic carbocycles. The topological polar surface area (TPSA) is 116 Å². The Morgan fingerprint density at radius 2 is 1.69 bits per heavy atom. The minimum absolute atomic E-state index is 0. The van der Waals surface area contributed by atoms with Crippen molar-refractivity contribution in [3.05, 3.63) is 0 Å². The molecule has 1 fully saturated rings. The fourth-order valence-corrected chi connectivity index (χ4v) is 1.12. The molecular weight excluding hydrogens is 293 g/mol. The molecule has 0 radical (unpaired) electrons. The maximum absolute atomic E-state index is 9.20. The van der Waals surface area contributed by atoms with E-state index in [2.05, 4.69) is 0 Å². The summed E-state index contributed by atoms with van der Waals surface area (Å²) in [5.74, 6) is 0. The molecule has 13 heavy (non-hydrogen) atoms. The second kappa shape index (κ2) is 5.39. The Bertz CT molecular complexity index is 155. The summed E-state index contributed by atoms with van der Waals surface area (Å²) in [6.07, 6.45) is -4.85. The van der Waals surface area contributed by atoms with Gasteiger partial charge >= 0.3 is 0 Å². The summed E-state index contributed by atoms with van der Waals surface area (Å²) in [6, 6.07) is -1.04. The zero-order chi connectivity index (χ0) is 9.30. The summed E-state index contributed by atoms with van der Waals surface area (Å²) in [7, 11) is 0. The smallest absolute Gasteiger partial charge is 0.173 e. The Balaban J connectivity index is 0.00000144. The van der Waals surface area contributed by atoms with Crippen LogP contribution in [0, 0.1) is 0 Å². The number of ether oxygens (including phenoxy) is 1. The van der Waals surface area contributed by atoms with Crippen LogP contribution in [0.2, 0.25) is 0 Å². The Morgan fingerprint density at radius 1 is 1.15 bits per heavy atom. The van der Waals surface area contributed by atoms with Crippen LogP contribution in [0.25, 0.3) is 0 Å². The van der Waals surface area contributed by atoms with E-state index in [4.69, 9.17) is 20.7 Å². The summed E-state index contributed by atoms with van der Waals surface area (Å²) >= 11 is 0. The van der Waals surface area contributed by atoms with Gasteiger partial charge in [-0.15, -0.1) is 24.0 Å². The van der Waals surface area contributed by atoms with Crippen molar-refractivity contribution in [3.8, 4) is 0 Å². The predicted molar refractivity (Wildman–Crippen MR) is 53.4 cm³/mol. The summed E-state index contributed by atoms with van der Waals surface area (Å²) in [5.41, 5.74) is 5.26. The Labute approximate surface area is 92.3 Å². The van der Waals surface area contributed by atoms with Crippen LogP contribution < -0.4 is 5.73 Å². The van der Waals surface area contributed by atoms with Crippen LogP contribution in [0.3, 0.4) is 0 Å². The largest absolute Gasteiger partial charge is 0.394 e. The first kappa shape index (κ1) is 13.5. The quantitative estimate of drug-likeness (QED) is 0.338. The van der Waals surface area contributed by atoms with E-state index in [0.717, 1.165) is 0 Å². The van der Waals surface area contributed by atoms with Gasteiger partial charge in [-0.05, 0) is 0 Å². The molecule has 6 nitrogen and oxygen atoms in total. The lowest BCUT2D eigenvalue weighted by atomic mass is 9.98. The van der Waals surface area contributed by atoms with Gasteiger partial charge in [0.05, 0.1) is 12.6 Å². The lowest BCUT2D eigenvalue weighted by molar-refractivity contribution is -0.248. The third kappa shape index (κ3) is 2.72. The fourth-order valence-electron chi connectivity index (χ4n) is 1.12. The van der Waals surface area contributed by atoms with Crippen LogP contribution >= 0.6 is 24.0 Å². The zero-order valence-electron chi connectivity index (χ0n) is 6.78. The molecule has 1 saturated heterocycles. The molecule has 0 spiro atoms. The molecule has 0 aromatic carbocycles. The molecule has 1 heterocycles. The average molecular weight is 307 g/mol. The highest BCUT2D eigenvalue weighted by molar-refractivity contribution is 14.0. The van der Waals surface area contributed by atoms with Crippen molar-refractivity contribution in [2.24, 2.45) is 5.73 Å². The molecule has 80 valence electrons. The average Bonchev–Trinajstić information content (AvgIpc) is 2.08. The van der Waals surface area contributed by atoms with Gasteiger partial charge in [0, 0.05) is 0 Å². The molecule has 1 rings (SSSR count). The van der Waals surface area contributed by atoms with Crippen molar-refractivity contribution < 1.29 is 25.2 Å². The maximum atomic E-state index is 9.20. The first-order valence-corrected chi connectivity index (χ1v) is 3.64. The number of hydrogen-bond acceptors (Lipinski definition) is 6. The van der Waals surface area contributed by atoms with Crippen molar-refractivity contribution in [1.29, 1.82) is 0 Å². The van der Waals surface area contributed by atoms with Crippen LogP contribution in [0.15, 0.2) is 0 Å². The molecule has 0 saturated carbocycles. The second-order valence-electron chi connectivity index (χ2n) is 2.81. The minimum Gasteiger partial charge on any atom is -0.394 e. The molecule has 0 bridgehead atoms. The van der Waals surface area contributed by atoms with Gasteiger partial charge in [-0.3, -0.25) is 0 Å². The van der Waals surface area contributed by atoms with Gasteiger partial charge in [0.25, 0.3) is 0 Å². The van der Waals surface area contributed by atoms with E-state index in [1.807, 2.05) is 0 Å². The predicted octanol–water partition coefficient (Wildman–Crippen LogP) is -2.64. The standard InChI is InChI=1S/C6H13NO5.HI/c7-3-5(10)4(9)2(1-8)12-6(3)11;/h2-6,8-11H,1,7H2;1H/t2-,3+,4-,5-,6?;/m1./s1. The molecule has 1 aliphatic heterocycles. The van der Waals surface area contributed by atoms with E-state index >= 15 is 0 Å². The van der Waals surface area contributed by atoms with Gasteiger partial charge in [0.2, 0.25) is 0 Å². The van der Waals surface area contributed by atoms with Gasteiger partial charge in [-0.25, -0.2) is 0 Å². The number of hydrogen-bond donors (Lipinski definition) is 5. The molecule has 0 aromatic rings. The minimum atomic E-state index is -1.35. The third-order valence-electron chi connectivity index (χ3n) is 1.95. The Kier molecular flexibility index (Phi) is 5.59. The van der Waals surface area contributed by atoms with Crippen molar-refractivity contribution in [2.75, 3.05) is 6.61 Å². The highest BCUT2D eigenvalue weighted by Gasteiger charge is 2.41. The SMILES string of the molecule is I.N[C@@H]1C(O)O[C@H](CO)[C@@H](O)[C@@H]1O. The molecule has 5 atom stereocenters. The van der Waals surface area contributed by atoms with Crippen LogP contribution in [-0.4, -0.2) is 57.7 Å². The van der Waals surface area contributed by atoms with Gasteiger partial charge in [-0.2, -0.15) is 0 Å². The summed E-state index contributed by atoms with van der Waals surface area (Å²) in [6.45, 7) is -0.470. The molecule has 6 N–H and O–H groups in total. The van der Waals surface area contributed by atoms with Crippen molar-refractivity contribution in [1.82, 2.24) is 0 Å². The van der Waals surface area contributed by atoms with E-state index < -0.39 is 37.3 Å². The van der Waals surface area contributed by atoms with Crippen molar-refractivity contribution >= 4 is 24.0 Å². The Hall–Kier alpha value is 0.490. The van der Waals surface area contributed by atoms with Gasteiger partial charge < -0.3 is 30.9 Å². The number of rotatable bonds is 1. The number of aliphatic hydroxyl groups excluding tert-OH is 4. The number of nitrogens with two attached hydrogens (primary N) is 1. The fraction of sp³-hybridized carbons (Fsp3) is 1.00. The number of halogens is 1. The second-order valence-corrected chi connectivity index (χ2v) is 2.81. The molecule has 0 amide bonds. The first-order chi connectivity index (χ1) is 5.57. The van der Waals surface area contributed by atoms with E-state index in [-0.39, 0.29) is 24.0 Å². The summed E-state index contributed by atoms with van der Waals surface area (Å²) in [4.78, 5) is 0. The zero-order valence-corrected chi connectivity index (χ0v) is 9.11. The van der Waals surface area contributed by atoms with E-state index in [1.54, 1.807) is 0 Å². The van der Waals surface area contributed by atoms with Crippen LogP contribution in [0.1, 0.15) is 0 Å². The highest BCUT2D eigenvalue weighted by atomic mass is 127. The lowest BCUT2D eigenvalue weighted by Gasteiger charge is -2.38. The summed E-state index contributed by atoms with van der Waals surface area (Å²) in [5, 5.41) is 36.1. The van der Waals surface area contributed by atoms with E-state index in [9.17, 15) is 10.2 Å². The van der Waals surface area contributed by atoms with Gasteiger partial charge in [0.1, 0.15) is 18.3 Å². The van der Waals surface area contributed by atoms with Crippen LogP contribution in [0.4, 0.5) is 0 Å². The third-order valence-corrected chi connectivity index (χ3v) is 1.95. The first-order valence-electron chi connectivity index (χ1n) is 3.64.